The first-order chi connectivity index (χ1) is 8.24. The van der Waals surface area contributed by atoms with Gasteiger partial charge in [-0.15, -0.1) is 0 Å². The van der Waals surface area contributed by atoms with Gasteiger partial charge in [-0.05, 0) is 11.6 Å². The highest BCUT2D eigenvalue weighted by molar-refractivity contribution is 6.31. The van der Waals surface area contributed by atoms with Gasteiger partial charge in [-0.1, -0.05) is 23.7 Å². The molecule has 0 spiro atoms. The van der Waals surface area contributed by atoms with E-state index in [0.29, 0.717) is 11.1 Å². The second-order valence-electron chi connectivity index (χ2n) is 3.41. The molecule has 1 unspecified atom stereocenters. The second-order valence-corrected chi connectivity index (χ2v) is 3.79. The van der Waals surface area contributed by atoms with Crippen molar-refractivity contribution in [3.05, 3.63) is 58.9 Å². The van der Waals surface area contributed by atoms with Gasteiger partial charge >= 0.3 is 0 Å². The molecule has 88 valence electrons. The van der Waals surface area contributed by atoms with Crippen molar-refractivity contribution in [2.45, 2.75) is 6.04 Å². The maximum Gasteiger partial charge on any atom is 0.142 e. The van der Waals surface area contributed by atoms with Gasteiger partial charge in [0, 0.05) is 18.0 Å². The van der Waals surface area contributed by atoms with E-state index in [1.807, 2.05) is 0 Å². The topological polar surface area (TPSA) is 63.8 Å². The van der Waals surface area contributed by atoms with Crippen LogP contribution in [0, 0.1) is 5.82 Å². The molecular formula is C11H10ClFN4. The Morgan fingerprint density at radius 2 is 2.00 bits per heavy atom. The van der Waals surface area contributed by atoms with Crippen LogP contribution in [-0.2, 0) is 0 Å². The molecule has 0 aliphatic heterocycles. The molecule has 1 aromatic heterocycles. The SMILES string of the molecule is NNC(c1cncnc1)c1cccc(F)c1Cl. The first kappa shape index (κ1) is 11.9. The van der Waals surface area contributed by atoms with Gasteiger partial charge in [-0.3, -0.25) is 5.84 Å². The minimum absolute atomic E-state index is 0.0410. The number of hydrogen-bond donors (Lipinski definition) is 2. The van der Waals surface area contributed by atoms with Gasteiger partial charge in [0.05, 0.1) is 11.1 Å². The average Bonchev–Trinajstić information content (AvgIpc) is 2.37. The number of nitrogens with two attached hydrogens (primary N) is 1. The van der Waals surface area contributed by atoms with Crippen LogP contribution in [0.5, 0.6) is 0 Å². The van der Waals surface area contributed by atoms with Crippen LogP contribution in [-0.4, -0.2) is 9.97 Å². The van der Waals surface area contributed by atoms with E-state index in [1.54, 1.807) is 24.5 Å². The summed E-state index contributed by atoms with van der Waals surface area (Å²) in [5, 5.41) is 0.0410. The summed E-state index contributed by atoms with van der Waals surface area (Å²) in [6.07, 6.45) is 4.60. The number of nitrogens with zero attached hydrogens (tertiary/aromatic N) is 2. The van der Waals surface area contributed by atoms with Crippen molar-refractivity contribution in [2.24, 2.45) is 5.84 Å². The van der Waals surface area contributed by atoms with Crippen molar-refractivity contribution in [2.75, 3.05) is 0 Å². The highest BCUT2D eigenvalue weighted by Gasteiger charge is 2.17. The highest BCUT2D eigenvalue weighted by atomic mass is 35.5. The Hall–Kier alpha value is -1.56. The number of rotatable bonds is 3. The van der Waals surface area contributed by atoms with E-state index in [-0.39, 0.29) is 5.02 Å². The van der Waals surface area contributed by atoms with Crippen molar-refractivity contribution in [1.82, 2.24) is 15.4 Å². The van der Waals surface area contributed by atoms with Gasteiger partial charge in [-0.25, -0.2) is 19.8 Å². The van der Waals surface area contributed by atoms with Gasteiger partial charge in [0.1, 0.15) is 12.1 Å². The van der Waals surface area contributed by atoms with Crippen LogP contribution in [0.2, 0.25) is 5.02 Å². The zero-order chi connectivity index (χ0) is 12.3. The zero-order valence-corrected chi connectivity index (χ0v) is 9.53. The van der Waals surface area contributed by atoms with Crippen molar-refractivity contribution in [3.8, 4) is 0 Å². The van der Waals surface area contributed by atoms with E-state index in [0.717, 1.165) is 0 Å². The zero-order valence-electron chi connectivity index (χ0n) is 8.77. The molecule has 0 aliphatic carbocycles. The Kier molecular flexibility index (Phi) is 3.63. The van der Waals surface area contributed by atoms with E-state index in [2.05, 4.69) is 15.4 Å². The Labute approximate surface area is 103 Å². The van der Waals surface area contributed by atoms with Gasteiger partial charge in [0.15, 0.2) is 0 Å². The molecule has 4 nitrogen and oxygen atoms in total. The first-order valence-electron chi connectivity index (χ1n) is 4.89. The lowest BCUT2D eigenvalue weighted by molar-refractivity contribution is 0.604. The molecule has 17 heavy (non-hydrogen) atoms. The largest absolute Gasteiger partial charge is 0.271 e. The van der Waals surface area contributed by atoms with Crippen LogP contribution in [0.3, 0.4) is 0 Å². The molecule has 0 saturated heterocycles. The van der Waals surface area contributed by atoms with Crippen molar-refractivity contribution >= 4 is 11.6 Å². The normalized spacial score (nSPS) is 12.4. The van der Waals surface area contributed by atoms with E-state index in [4.69, 9.17) is 17.4 Å². The third-order valence-electron chi connectivity index (χ3n) is 2.37. The molecule has 1 aromatic carbocycles. The van der Waals surface area contributed by atoms with E-state index in [1.165, 1.54) is 12.4 Å². The molecule has 6 heteroatoms. The summed E-state index contributed by atoms with van der Waals surface area (Å²) in [5.74, 6) is 4.98. The fraction of sp³-hybridized carbons (Fsp3) is 0.0909. The van der Waals surface area contributed by atoms with Crippen LogP contribution < -0.4 is 11.3 Å². The summed E-state index contributed by atoms with van der Waals surface area (Å²) in [6.45, 7) is 0. The Bertz CT molecular complexity index is 506. The van der Waals surface area contributed by atoms with Crippen molar-refractivity contribution in [1.29, 1.82) is 0 Å². The molecule has 0 amide bonds. The summed E-state index contributed by atoms with van der Waals surface area (Å²) in [5.41, 5.74) is 3.83. The minimum Gasteiger partial charge on any atom is -0.271 e. The maximum atomic E-state index is 13.4. The summed E-state index contributed by atoms with van der Waals surface area (Å²) in [6, 6.07) is 4.12. The number of hydrazine groups is 1. The molecule has 0 fully saturated rings. The fourth-order valence-electron chi connectivity index (χ4n) is 1.57. The van der Waals surface area contributed by atoms with Gasteiger partial charge in [0.25, 0.3) is 0 Å². The van der Waals surface area contributed by atoms with Crippen LogP contribution in [0.25, 0.3) is 0 Å². The van der Waals surface area contributed by atoms with Crippen LogP contribution in [0.1, 0.15) is 17.2 Å². The number of hydrogen-bond acceptors (Lipinski definition) is 4. The Balaban J connectivity index is 2.46. The minimum atomic E-state index is -0.485. The number of aromatic nitrogens is 2. The van der Waals surface area contributed by atoms with E-state index in [9.17, 15) is 4.39 Å². The monoisotopic (exact) mass is 252 g/mol. The van der Waals surface area contributed by atoms with E-state index >= 15 is 0 Å². The Morgan fingerprint density at radius 1 is 1.29 bits per heavy atom. The lowest BCUT2D eigenvalue weighted by Gasteiger charge is -2.17. The maximum absolute atomic E-state index is 13.4. The van der Waals surface area contributed by atoms with Crippen molar-refractivity contribution < 1.29 is 4.39 Å². The smallest absolute Gasteiger partial charge is 0.142 e. The molecular weight excluding hydrogens is 243 g/mol. The van der Waals surface area contributed by atoms with Gasteiger partial charge in [-0.2, -0.15) is 0 Å². The van der Waals surface area contributed by atoms with Crippen LogP contribution >= 0.6 is 11.6 Å². The molecule has 0 saturated carbocycles. The van der Waals surface area contributed by atoms with Crippen molar-refractivity contribution in [3.63, 3.8) is 0 Å². The summed E-state index contributed by atoms with van der Waals surface area (Å²) < 4.78 is 13.4. The number of nitrogens with one attached hydrogen (secondary N) is 1. The van der Waals surface area contributed by atoms with Gasteiger partial charge in [0.2, 0.25) is 0 Å². The number of benzene rings is 1. The predicted molar refractivity (Wildman–Crippen MR) is 62.6 cm³/mol. The molecule has 1 heterocycles. The molecule has 2 aromatic rings. The molecule has 1 atom stereocenters. The standard InChI is InChI=1S/C11H10ClFN4/c12-10-8(2-1-3-9(10)13)11(17-14)7-4-15-6-16-5-7/h1-6,11,17H,14H2. The lowest BCUT2D eigenvalue weighted by atomic mass is 10.0. The summed E-state index contributed by atoms with van der Waals surface area (Å²) in [4.78, 5) is 7.78. The molecule has 0 radical (unpaired) electrons. The molecule has 3 N–H and O–H groups in total. The van der Waals surface area contributed by atoms with Gasteiger partial charge < -0.3 is 0 Å². The summed E-state index contributed by atoms with van der Waals surface area (Å²) >= 11 is 5.91. The second kappa shape index (κ2) is 5.18. The number of halogens is 2. The lowest BCUT2D eigenvalue weighted by Crippen LogP contribution is -2.29. The first-order valence-corrected chi connectivity index (χ1v) is 5.26. The fourth-order valence-corrected chi connectivity index (χ4v) is 1.80. The van der Waals surface area contributed by atoms with Crippen LogP contribution in [0.4, 0.5) is 4.39 Å². The third kappa shape index (κ3) is 2.41. The van der Waals surface area contributed by atoms with Crippen LogP contribution in [0.15, 0.2) is 36.9 Å². The Morgan fingerprint density at radius 3 is 2.65 bits per heavy atom. The predicted octanol–water partition coefficient (Wildman–Crippen LogP) is 1.82. The average molecular weight is 253 g/mol. The highest BCUT2D eigenvalue weighted by Crippen LogP contribution is 2.28. The molecule has 0 bridgehead atoms. The third-order valence-corrected chi connectivity index (χ3v) is 2.77. The molecule has 0 aliphatic rings. The summed E-state index contributed by atoms with van der Waals surface area (Å²) in [7, 11) is 0. The molecule has 2 rings (SSSR count). The van der Waals surface area contributed by atoms with E-state index < -0.39 is 11.9 Å². The quantitative estimate of drug-likeness (QED) is 0.646.